The third-order valence-corrected chi connectivity index (χ3v) is 3.72. The molecule has 0 saturated carbocycles. The third kappa shape index (κ3) is 10.6. The van der Waals surface area contributed by atoms with Crippen LogP contribution in [0.5, 0.6) is 0 Å². The largest absolute Gasteiger partial charge is 0.479 e. The van der Waals surface area contributed by atoms with Crippen LogP contribution in [0.2, 0.25) is 0 Å². The summed E-state index contributed by atoms with van der Waals surface area (Å²) >= 11 is 0.927. The van der Waals surface area contributed by atoms with E-state index in [2.05, 4.69) is 15.4 Å². The lowest BCUT2D eigenvalue weighted by Crippen LogP contribution is -2.45. The van der Waals surface area contributed by atoms with Crippen molar-refractivity contribution in [2.45, 2.75) is 57.6 Å². The number of hydrogen-bond donors (Lipinski definition) is 3. The van der Waals surface area contributed by atoms with Gasteiger partial charge in [-0.3, -0.25) is 4.79 Å². The normalized spacial score (nSPS) is 13.6. The van der Waals surface area contributed by atoms with Crippen LogP contribution >= 0.6 is 11.8 Å². The van der Waals surface area contributed by atoms with Gasteiger partial charge in [-0.25, -0.2) is 14.4 Å². The molecule has 10 heteroatoms. The van der Waals surface area contributed by atoms with Crippen molar-refractivity contribution < 1.29 is 33.8 Å². The van der Waals surface area contributed by atoms with Crippen molar-refractivity contribution in [2.75, 3.05) is 7.11 Å². The molecule has 0 aromatic rings. The molecule has 3 N–H and O–H groups in total. The number of alkyl carbamates (subject to hydrolysis) is 1. The van der Waals surface area contributed by atoms with Gasteiger partial charge < -0.3 is 25.2 Å². The molecule has 0 aromatic heterocycles. The second-order valence-electron chi connectivity index (χ2n) is 6.15. The topological polar surface area (TPSA) is 131 Å². The van der Waals surface area contributed by atoms with Crippen LogP contribution in [0.15, 0.2) is 11.5 Å². The smallest absolute Gasteiger partial charge is 0.408 e. The van der Waals surface area contributed by atoms with Gasteiger partial charge in [-0.15, -0.1) is 0 Å². The number of thioether (sulfide) groups is 1. The summed E-state index contributed by atoms with van der Waals surface area (Å²) in [5, 5.41) is 14.1. The maximum absolute atomic E-state index is 11.9. The Kier molecular flexibility index (Phi) is 10.4. The molecule has 9 nitrogen and oxygen atoms in total. The number of aliphatic carboxylic acids is 1. The fraction of sp³-hybridized carbons (Fsp3) is 0.625. The van der Waals surface area contributed by atoms with E-state index in [9.17, 15) is 19.2 Å². The van der Waals surface area contributed by atoms with Crippen LogP contribution < -0.4 is 10.6 Å². The highest BCUT2D eigenvalue weighted by Crippen LogP contribution is 2.11. The number of carbonyl (C=O) groups excluding carboxylic acids is 3. The minimum Gasteiger partial charge on any atom is -0.479 e. The lowest BCUT2D eigenvalue weighted by molar-refractivity contribution is -0.143. The molecule has 0 aliphatic rings. The number of allylic oxidation sites excluding steroid dienone is 1. The molecule has 26 heavy (non-hydrogen) atoms. The van der Waals surface area contributed by atoms with Crippen LogP contribution in [0.1, 0.15) is 40.5 Å². The fourth-order valence-corrected chi connectivity index (χ4v) is 2.28. The number of nitrogens with one attached hydrogen (secondary N) is 2. The molecule has 0 spiro atoms. The van der Waals surface area contributed by atoms with E-state index < -0.39 is 41.0 Å². The average molecular weight is 390 g/mol. The first-order valence-electron chi connectivity index (χ1n) is 7.86. The Morgan fingerprint density at radius 2 is 1.81 bits per heavy atom. The van der Waals surface area contributed by atoms with Crippen molar-refractivity contribution in [2.24, 2.45) is 0 Å². The van der Waals surface area contributed by atoms with Gasteiger partial charge >= 0.3 is 18.0 Å². The van der Waals surface area contributed by atoms with Gasteiger partial charge in [0.1, 0.15) is 11.6 Å². The maximum atomic E-state index is 11.9. The third-order valence-electron chi connectivity index (χ3n) is 2.70. The van der Waals surface area contributed by atoms with Gasteiger partial charge in [-0.05, 0) is 39.5 Å². The zero-order valence-electron chi connectivity index (χ0n) is 15.5. The predicted molar refractivity (Wildman–Crippen MR) is 96.4 cm³/mol. The quantitative estimate of drug-likeness (QED) is 0.400. The van der Waals surface area contributed by atoms with Crippen molar-refractivity contribution in [3.8, 4) is 0 Å². The summed E-state index contributed by atoms with van der Waals surface area (Å²) in [5.74, 6) is -2.51. The Bertz CT molecular complexity index is 543. The van der Waals surface area contributed by atoms with Crippen molar-refractivity contribution in [1.82, 2.24) is 10.6 Å². The number of rotatable bonds is 9. The number of carboxylic acid groups (broad SMARTS) is 1. The fourth-order valence-electron chi connectivity index (χ4n) is 1.65. The van der Waals surface area contributed by atoms with Gasteiger partial charge in [0.15, 0.2) is 5.37 Å². The molecule has 0 bridgehead atoms. The minimum atomic E-state index is -1.20. The number of esters is 1. The van der Waals surface area contributed by atoms with E-state index in [1.807, 2.05) is 0 Å². The molecule has 0 saturated heterocycles. The first-order chi connectivity index (χ1) is 12.0. The van der Waals surface area contributed by atoms with Crippen LogP contribution in [-0.2, 0) is 23.9 Å². The second kappa shape index (κ2) is 11.4. The Labute approximate surface area is 156 Å². The summed E-state index contributed by atoms with van der Waals surface area (Å²) in [7, 11) is 1.15. The van der Waals surface area contributed by atoms with Crippen molar-refractivity contribution in [3.63, 3.8) is 0 Å². The van der Waals surface area contributed by atoms with Crippen LogP contribution in [0.3, 0.4) is 0 Å². The molecule has 2 atom stereocenters. The number of amides is 2. The summed E-state index contributed by atoms with van der Waals surface area (Å²) in [6, 6.07) is -1.09. The lowest BCUT2D eigenvalue weighted by atomic mass is 10.1. The summed E-state index contributed by atoms with van der Waals surface area (Å²) < 4.78 is 9.66. The molecular formula is C16H26N2O7S. The van der Waals surface area contributed by atoms with E-state index in [0.29, 0.717) is 0 Å². The summed E-state index contributed by atoms with van der Waals surface area (Å²) in [6.45, 7) is 6.72. The van der Waals surface area contributed by atoms with Gasteiger partial charge in [0, 0.05) is 6.42 Å². The summed E-state index contributed by atoms with van der Waals surface area (Å²) in [5.41, 5.74) is -0.749. The molecule has 0 radical (unpaired) electrons. The molecule has 0 unspecified atom stereocenters. The van der Waals surface area contributed by atoms with Gasteiger partial charge in [0.25, 0.3) is 0 Å². The summed E-state index contributed by atoms with van der Waals surface area (Å²) in [4.78, 5) is 46.6. The molecule has 148 valence electrons. The first-order valence-corrected chi connectivity index (χ1v) is 8.80. The number of carbonyl (C=O) groups is 4. The van der Waals surface area contributed by atoms with Crippen LogP contribution in [0.4, 0.5) is 4.79 Å². The maximum Gasteiger partial charge on any atom is 0.408 e. The molecule has 2 amide bonds. The molecule has 0 rings (SSSR count). The van der Waals surface area contributed by atoms with E-state index in [-0.39, 0.29) is 12.8 Å². The molecule has 0 aromatic carbocycles. The highest BCUT2D eigenvalue weighted by Gasteiger charge is 2.26. The van der Waals surface area contributed by atoms with Crippen molar-refractivity contribution in [1.29, 1.82) is 0 Å². The zero-order valence-corrected chi connectivity index (χ0v) is 16.3. The highest BCUT2D eigenvalue weighted by atomic mass is 32.2. The van der Waals surface area contributed by atoms with Crippen LogP contribution in [0, 0.1) is 0 Å². The molecule has 0 fully saturated rings. The SMILES string of the molecule is C/C=C\S[C@H](NC(=O)CC[C@H](NC(=O)OC(C)(C)C)C(=O)OC)C(=O)O. The van der Waals surface area contributed by atoms with E-state index in [0.717, 1.165) is 18.9 Å². The van der Waals surface area contributed by atoms with Crippen LogP contribution in [0.25, 0.3) is 0 Å². The van der Waals surface area contributed by atoms with Gasteiger partial charge in [0.2, 0.25) is 5.91 Å². The van der Waals surface area contributed by atoms with Crippen LogP contribution in [-0.4, -0.2) is 53.2 Å². The van der Waals surface area contributed by atoms with Gasteiger partial charge in [0.05, 0.1) is 7.11 Å². The Morgan fingerprint density at radius 1 is 1.19 bits per heavy atom. The van der Waals surface area contributed by atoms with E-state index in [4.69, 9.17) is 9.84 Å². The molecule has 0 heterocycles. The average Bonchev–Trinajstić information content (AvgIpc) is 2.52. The van der Waals surface area contributed by atoms with E-state index >= 15 is 0 Å². The van der Waals surface area contributed by atoms with E-state index in [1.54, 1.807) is 39.2 Å². The first kappa shape index (κ1) is 23.8. The highest BCUT2D eigenvalue weighted by molar-refractivity contribution is 8.03. The van der Waals surface area contributed by atoms with Gasteiger partial charge in [-0.2, -0.15) is 0 Å². The van der Waals surface area contributed by atoms with Crippen molar-refractivity contribution >= 4 is 35.7 Å². The number of methoxy groups -OCH3 is 1. The van der Waals surface area contributed by atoms with Crippen molar-refractivity contribution in [3.05, 3.63) is 11.5 Å². The Morgan fingerprint density at radius 3 is 2.27 bits per heavy atom. The number of carboxylic acids is 1. The number of ether oxygens (including phenoxy) is 2. The Hall–Kier alpha value is -2.23. The standard InChI is InChI=1S/C16H26N2O7S/c1-6-9-26-12(13(20)21)18-11(19)8-7-10(14(22)24-5)17-15(23)25-16(2,3)4/h6,9-10,12H,7-8H2,1-5H3,(H,17,23)(H,18,19)(H,20,21)/b9-6-/t10-,12-/m0/s1. The molecular weight excluding hydrogens is 364 g/mol. The second-order valence-corrected chi connectivity index (χ2v) is 7.17. The zero-order chi connectivity index (χ0) is 20.3. The minimum absolute atomic E-state index is 0.0711. The monoisotopic (exact) mass is 390 g/mol. The molecule has 0 aliphatic heterocycles. The summed E-state index contributed by atoms with van der Waals surface area (Å²) in [6.07, 6.45) is 0.569. The van der Waals surface area contributed by atoms with E-state index in [1.165, 1.54) is 0 Å². The lowest BCUT2D eigenvalue weighted by Gasteiger charge is -2.22. The van der Waals surface area contributed by atoms with Gasteiger partial charge in [-0.1, -0.05) is 17.8 Å². The number of hydrogen-bond acceptors (Lipinski definition) is 7. The molecule has 0 aliphatic carbocycles. The predicted octanol–water partition coefficient (Wildman–Crippen LogP) is 1.63. The Balaban J connectivity index is 4.73.